The van der Waals surface area contributed by atoms with Crippen LogP contribution in [0.15, 0.2) is 40.4 Å². The number of carbonyl (C=O) groups excluding carboxylic acids is 2. The van der Waals surface area contributed by atoms with Crippen LogP contribution in [0.25, 0.3) is 10.9 Å². The van der Waals surface area contributed by atoms with Crippen LogP contribution in [0.2, 0.25) is 0 Å². The van der Waals surface area contributed by atoms with Gasteiger partial charge in [-0.3, -0.25) is 10.7 Å². The van der Waals surface area contributed by atoms with Crippen molar-refractivity contribution >= 4 is 40.8 Å². The Labute approximate surface area is 223 Å². The van der Waals surface area contributed by atoms with Crippen LogP contribution in [0, 0.1) is 5.41 Å². The Morgan fingerprint density at radius 1 is 1.05 bits per heavy atom. The summed E-state index contributed by atoms with van der Waals surface area (Å²) < 4.78 is 18.3. The lowest BCUT2D eigenvalue weighted by Gasteiger charge is -2.29. The summed E-state index contributed by atoms with van der Waals surface area (Å²) in [6.45, 7) is 10.9. The molecule has 1 aliphatic heterocycles. The molecule has 0 radical (unpaired) electrons. The zero-order valence-corrected chi connectivity index (χ0v) is 23.4. The van der Waals surface area contributed by atoms with E-state index in [0.29, 0.717) is 18.5 Å². The Kier molecular flexibility index (Phi) is 8.48. The molecule has 0 aliphatic carbocycles. The molecular weight excluding hydrogens is 488 g/mol. The third kappa shape index (κ3) is 7.56. The molecule has 3 rings (SSSR count). The second kappa shape index (κ2) is 11.2. The molecule has 1 aliphatic rings. The predicted molar refractivity (Wildman–Crippen MR) is 147 cm³/mol. The highest BCUT2D eigenvalue weighted by Gasteiger charge is 2.35. The minimum Gasteiger partial charge on any atom is -0.483 e. The maximum Gasteiger partial charge on any atom is 0.437 e. The van der Waals surface area contributed by atoms with Gasteiger partial charge in [-0.15, -0.1) is 4.99 Å². The Bertz CT molecular complexity index is 1260. The van der Waals surface area contributed by atoms with Crippen LogP contribution in [-0.2, 0) is 21.3 Å². The molecule has 2 amide bonds. The molecule has 2 N–H and O–H groups in total. The number of nitrogens with zero attached hydrogens (tertiary/aromatic N) is 4. The molecule has 0 spiro atoms. The normalized spacial score (nSPS) is 16.9. The summed E-state index contributed by atoms with van der Waals surface area (Å²) in [5.41, 5.74) is 0.0970. The number of hydrogen-bond acceptors (Lipinski definition) is 6. The summed E-state index contributed by atoms with van der Waals surface area (Å²) in [4.78, 5) is 35.5. The lowest BCUT2D eigenvalue weighted by molar-refractivity contribution is 0.0554. The zero-order chi connectivity index (χ0) is 28.3. The maximum atomic E-state index is 12.6. The number of alkyl carbamates (subject to hydrolysis) is 1. The first-order valence-corrected chi connectivity index (χ1v) is 12.5. The number of amidine groups is 1. The highest BCUT2D eigenvalue weighted by molar-refractivity contribution is 6.07. The second-order valence-electron chi connectivity index (χ2n) is 11.1. The maximum absolute atomic E-state index is 12.6. The molecule has 11 heteroatoms. The molecule has 0 bridgehead atoms. The van der Waals surface area contributed by atoms with E-state index in [1.54, 1.807) is 46.4 Å². The lowest BCUT2D eigenvalue weighted by Crippen LogP contribution is -2.50. The first kappa shape index (κ1) is 28.7. The van der Waals surface area contributed by atoms with Crippen molar-refractivity contribution in [2.24, 2.45) is 17.0 Å². The number of amides is 2. The second-order valence-corrected chi connectivity index (χ2v) is 11.1. The number of aryl methyl sites for hydroxylation is 1. The van der Waals surface area contributed by atoms with Crippen LogP contribution in [0.3, 0.4) is 0 Å². The van der Waals surface area contributed by atoms with Crippen molar-refractivity contribution in [3.8, 4) is 0 Å². The molecule has 1 saturated heterocycles. The van der Waals surface area contributed by atoms with Gasteiger partial charge in [0.1, 0.15) is 17.2 Å². The number of aromatic nitrogens is 1. The van der Waals surface area contributed by atoms with Crippen LogP contribution < -0.4 is 5.32 Å². The number of methoxy groups -OCH3 is 1. The highest BCUT2D eigenvalue weighted by atomic mass is 16.6. The Morgan fingerprint density at radius 3 is 2.37 bits per heavy atom. The third-order valence-corrected chi connectivity index (χ3v) is 5.61. The van der Waals surface area contributed by atoms with E-state index >= 15 is 0 Å². The average Bonchev–Trinajstić information content (AvgIpc) is 3.41. The number of fused-ring (bicyclic) bond motifs is 1. The fourth-order valence-electron chi connectivity index (χ4n) is 4.05. The summed E-state index contributed by atoms with van der Waals surface area (Å²) in [6, 6.07) is 7.22. The van der Waals surface area contributed by atoms with Crippen molar-refractivity contribution < 1.29 is 23.8 Å². The number of nitrogens with one attached hydrogen (secondary N) is 2. The minimum absolute atomic E-state index is 0.0301. The summed E-state index contributed by atoms with van der Waals surface area (Å²) in [6.07, 6.45) is 1.68. The molecule has 11 nitrogen and oxygen atoms in total. The van der Waals surface area contributed by atoms with Crippen molar-refractivity contribution in [2.45, 2.75) is 71.6 Å². The van der Waals surface area contributed by atoms with E-state index < -0.39 is 29.4 Å². The largest absolute Gasteiger partial charge is 0.483 e. The van der Waals surface area contributed by atoms with Gasteiger partial charge in [-0.25, -0.2) is 9.59 Å². The van der Waals surface area contributed by atoms with Crippen LogP contribution >= 0.6 is 0 Å². The first-order chi connectivity index (χ1) is 17.7. The van der Waals surface area contributed by atoms with E-state index in [1.807, 2.05) is 42.1 Å². The number of carbonyl (C=O) groups is 2. The summed E-state index contributed by atoms with van der Waals surface area (Å²) >= 11 is 0. The van der Waals surface area contributed by atoms with Crippen molar-refractivity contribution in [2.75, 3.05) is 13.7 Å². The van der Waals surface area contributed by atoms with Gasteiger partial charge in [0.25, 0.3) is 0 Å². The van der Waals surface area contributed by atoms with Gasteiger partial charge >= 0.3 is 12.2 Å². The quantitative estimate of drug-likeness (QED) is 0.426. The monoisotopic (exact) mass is 526 g/mol. The van der Waals surface area contributed by atoms with Gasteiger partial charge in [0.15, 0.2) is 5.84 Å². The third-order valence-electron chi connectivity index (χ3n) is 5.61. The van der Waals surface area contributed by atoms with Gasteiger partial charge in [0, 0.05) is 30.9 Å². The summed E-state index contributed by atoms with van der Waals surface area (Å²) in [7, 11) is 3.42. The molecular formula is C27H38N6O5. The van der Waals surface area contributed by atoms with Crippen molar-refractivity contribution in [1.29, 1.82) is 5.41 Å². The number of likely N-dealkylation sites (tertiary alicyclic amines) is 1. The van der Waals surface area contributed by atoms with Crippen LogP contribution in [0.4, 0.5) is 9.59 Å². The molecule has 2 aromatic rings. The minimum atomic E-state index is -0.853. The molecule has 0 saturated carbocycles. The molecule has 1 aromatic carbocycles. The van der Waals surface area contributed by atoms with Gasteiger partial charge in [-0.2, -0.15) is 4.99 Å². The summed E-state index contributed by atoms with van der Waals surface area (Å²) in [5, 5.41) is 12.3. The van der Waals surface area contributed by atoms with E-state index in [9.17, 15) is 9.59 Å². The SMILES string of the molecule is COC(=NC(=N)c1ccc2ccn(C)c2c1)[C@@H]1CCCN1/C(=N/C(=O)OC(C)(C)C)NC(=O)OC(C)(C)C. The number of benzene rings is 1. The first-order valence-electron chi connectivity index (χ1n) is 12.5. The van der Waals surface area contributed by atoms with Crippen molar-refractivity contribution in [1.82, 2.24) is 14.8 Å². The average molecular weight is 527 g/mol. The summed E-state index contributed by atoms with van der Waals surface area (Å²) in [5.74, 6) is 0.266. The van der Waals surface area contributed by atoms with Gasteiger partial charge < -0.3 is 23.7 Å². The van der Waals surface area contributed by atoms with E-state index in [2.05, 4.69) is 15.3 Å². The topological polar surface area (TPSA) is 131 Å². The number of guanidine groups is 1. The van der Waals surface area contributed by atoms with Gasteiger partial charge in [-0.05, 0) is 71.9 Å². The smallest absolute Gasteiger partial charge is 0.437 e. The van der Waals surface area contributed by atoms with E-state index in [0.717, 1.165) is 17.3 Å². The van der Waals surface area contributed by atoms with E-state index in [-0.39, 0.29) is 17.7 Å². The predicted octanol–water partition coefficient (Wildman–Crippen LogP) is 4.83. The van der Waals surface area contributed by atoms with Gasteiger partial charge in [0.2, 0.25) is 11.9 Å². The molecule has 2 heterocycles. The Balaban J connectivity index is 1.92. The van der Waals surface area contributed by atoms with Crippen molar-refractivity contribution in [3.63, 3.8) is 0 Å². The Hall–Kier alpha value is -3.89. The molecule has 1 fully saturated rings. The molecule has 1 aromatic heterocycles. The number of hydrogen-bond donors (Lipinski definition) is 2. The van der Waals surface area contributed by atoms with Crippen LogP contribution in [0.1, 0.15) is 59.9 Å². The number of rotatable bonds is 2. The molecule has 38 heavy (non-hydrogen) atoms. The zero-order valence-electron chi connectivity index (χ0n) is 23.4. The van der Waals surface area contributed by atoms with Crippen molar-refractivity contribution in [3.05, 3.63) is 36.0 Å². The van der Waals surface area contributed by atoms with E-state index in [1.165, 1.54) is 7.11 Å². The standard InChI is InChI=1S/C27H38N6O5/c1-26(2,3)37-24(34)30-23(31-25(35)38-27(4,5)6)33-14-9-10-19(33)22(36-8)29-21(28)18-12-11-17-13-15-32(7)20(17)16-18/h11-13,15-16,19,28H,9-10,14H2,1-8H3,(H,30,31,34,35)/t19-/m0/s1. The molecule has 0 unspecified atom stereocenters. The lowest BCUT2D eigenvalue weighted by atomic mass is 10.1. The molecule has 1 atom stereocenters. The van der Waals surface area contributed by atoms with Gasteiger partial charge in [0.05, 0.1) is 7.11 Å². The molecule has 206 valence electrons. The fourth-order valence-corrected chi connectivity index (χ4v) is 4.05. The number of aliphatic imine (C=N–C) groups is 2. The van der Waals surface area contributed by atoms with Crippen LogP contribution in [0.5, 0.6) is 0 Å². The highest BCUT2D eigenvalue weighted by Crippen LogP contribution is 2.22. The Morgan fingerprint density at radius 2 is 1.74 bits per heavy atom. The fraction of sp³-hybridized carbons (Fsp3) is 0.519. The van der Waals surface area contributed by atoms with Gasteiger partial charge in [-0.1, -0.05) is 12.1 Å². The number of ether oxygens (including phenoxy) is 3. The van der Waals surface area contributed by atoms with Crippen LogP contribution in [-0.4, -0.2) is 70.2 Å². The van der Waals surface area contributed by atoms with E-state index in [4.69, 9.17) is 19.6 Å².